The zero-order valence-corrected chi connectivity index (χ0v) is 9.62. The molecule has 0 heterocycles. The Morgan fingerprint density at radius 1 is 1.38 bits per heavy atom. The molecule has 1 aromatic rings. The van der Waals surface area contributed by atoms with Crippen molar-refractivity contribution < 1.29 is 4.39 Å². The molecule has 0 aliphatic carbocycles. The summed E-state index contributed by atoms with van der Waals surface area (Å²) in [4.78, 5) is 0. The van der Waals surface area contributed by atoms with E-state index in [1.54, 1.807) is 12.1 Å². The highest BCUT2D eigenvalue weighted by atomic mass is 19.1. The van der Waals surface area contributed by atoms with Crippen LogP contribution in [-0.4, -0.2) is 12.6 Å². The minimum absolute atomic E-state index is 0.199. The van der Waals surface area contributed by atoms with E-state index in [9.17, 15) is 4.39 Å². The second-order valence-electron chi connectivity index (χ2n) is 3.79. The van der Waals surface area contributed by atoms with Crippen molar-refractivity contribution in [1.82, 2.24) is 5.32 Å². The molecule has 1 unspecified atom stereocenters. The summed E-state index contributed by atoms with van der Waals surface area (Å²) >= 11 is 0. The molecule has 0 bridgehead atoms. The molecule has 1 rings (SSSR count). The Morgan fingerprint density at radius 2 is 2.06 bits per heavy atom. The van der Waals surface area contributed by atoms with E-state index < -0.39 is 0 Å². The topological polar surface area (TPSA) is 12.0 Å². The van der Waals surface area contributed by atoms with Crippen molar-refractivity contribution in [2.45, 2.75) is 19.4 Å². The van der Waals surface area contributed by atoms with Gasteiger partial charge in [-0.3, -0.25) is 0 Å². The van der Waals surface area contributed by atoms with Gasteiger partial charge in [-0.1, -0.05) is 30.4 Å². The molecule has 16 heavy (non-hydrogen) atoms. The summed E-state index contributed by atoms with van der Waals surface area (Å²) in [5.74, 6) is -0.199. The fraction of sp³-hybridized carbons (Fsp3) is 0.286. The maximum absolute atomic E-state index is 12.6. The molecule has 0 radical (unpaired) electrons. The van der Waals surface area contributed by atoms with Crippen LogP contribution in [0.5, 0.6) is 0 Å². The first-order valence-electron chi connectivity index (χ1n) is 5.48. The zero-order chi connectivity index (χ0) is 11.8. The lowest BCUT2D eigenvalue weighted by molar-refractivity contribution is 0.591. The molecule has 86 valence electrons. The summed E-state index contributed by atoms with van der Waals surface area (Å²) < 4.78 is 12.6. The standard InChI is InChI=1S/C14H18FN/c1-3-5-12(2)16-11-4-6-13-7-9-14(15)10-8-13/h3-4,6-10,12,16H,1,5,11H2,2H3/b6-4+. The lowest BCUT2D eigenvalue weighted by Crippen LogP contribution is -2.25. The second-order valence-corrected chi connectivity index (χ2v) is 3.79. The van der Waals surface area contributed by atoms with Crippen LogP contribution in [0.4, 0.5) is 4.39 Å². The Balaban J connectivity index is 2.32. The van der Waals surface area contributed by atoms with Crippen LogP contribution in [0.25, 0.3) is 6.08 Å². The van der Waals surface area contributed by atoms with E-state index in [4.69, 9.17) is 0 Å². The summed E-state index contributed by atoms with van der Waals surface area (Å²) in [6, 6.07) is 6.90. The Kier molecular flexibility index (Phi) is 5.51. The van der Waals surface area contributed by atoms with Crippen molar-refractivity contribution in [2.24, 2.45) is 0 Å². The Labute approximate surface area is 96.7 Å². The second kappa shape index (κ2) is 6.96. The van der Waals surface area contributed by atoms with E-state index >= 15 is 0 Å². The van der Waals surface area contributed by atoms with Gasteiger partial charge in [-0.05, 0) is 31.0 Å². The molecule has 1 aromatic carbocycles. The highest BCUT2D eigenvalue weighted by Gasteiger charge is 1.94. The first-order chi connectivity index (χ1) is 7.72. The number of hydrogen-bond donors (Lipinski definition) is 1. The lowest BCUT2D eigenvalue weighted by Gasteiger charge is -2.08. The van der Waals surface area contributed by atoms with Crippen LogP contribution in [0.15, 0.2) is 43.0 Å². The number of hydrogen-bond acceptors (Lipinski definition) is 1. The maximum Gasteiger partial charge on any atom is 0.123 e. The van der Waals surface area contributed by atoms with E-state index in [0.29, 0.717) is 6.04 Å². The van der Waals surface area contributed by atoms with Crippen LogP contribution in [0.1, 0.15) is 18.9 Å². The molecule has 2 heteroatoms. The molecule has 0 amide bonds. The molecule has 0 aliphatic heterocycles. The molecule has 0 aromatic heterocycles. The van der Waals surface area contributed by atoms with Crippen LogP contribution < -0.4 is 5.32 Å². The smallest absolute Gasteiger partial charge is 0.123 e. The summed E-state index contributed by atoms with van der Waals surface area (Å²) in [5.41, 5.74) is 1.01. The van der Waals surface area contributed by atoms with Gasteiger partial charge in [0.2, 0.25) is 0 Å². The SMILES string of the molecule is C=CCC(C)NC/C=C/c1ccc(F)cc1. The van der Waals surface area contributed by atoms with E-state index in [1.807, 2.05) is 18.2 Å². The normalized spacial score (nSPS) is 12.9. The molecule has 0 fully saturated rings. The Morgan fingerprint density at radius 3 is 2.69 bits per heavy atom. The molecule has 1 N–H and O–H groups in total. The summed E-state index contributed by atoms with van der Waals surface area (Å²) in [6.07, 6.45) is 6.88. The minimum Gasteiger partial charge on any atom is -0.310 e. The molecule has 1 nitrogen and oxygen atoms in total. The molecule has 1 atom stereocenters. The van der Waals surface area contributed by atoms with Gasteiger partial charge in [0.1, 0.15) is 5.82 Å². The van der Waals surface area contributed by atoms with Crippen molar-refractivity contribution in [3.63, 3.8) is 0 Å². The van der Waals surface area contributed by atoms with Crippen molar-refractivity contribution >= 4 is 6.08 Å². The number of benzene rings is 1. The summed E-state index contributed by atoms with van der Waals surface area (Å²) in [7, 11) is 0. The third kappa shape index (κ3) is 4.89. The fourth-order valence-corrected chi connectivity index (χ4v) is 1.37. The molecule has 0 saturated carbocycles. The molecular weight excluding hydrogens is 201 g/mol. The predicted octanol–water partition coefficient (Wildman–Crippen LogP) is 3.39. The van der Waals surface area contributed by atoms with Gasteiger partial charge >= 0.3 is 0 Å². The summed E-state index contributed by atoms with van der Waals surface area (Å²) in [5, 5.41) is 3.33. The first kappa shape index (κ1) is 12.7. The van der Waals surface area contributed by atoms with Crippen molar-refractivity contribution in [1.29, 1.82) is 0 Å². The van der Waals surface area contributed by atoms with Gasteiger partial charge in [0, 0.05) is 12.6 Å². The van der Waals surface area contributed by atoms with Gasteiger partial charge in [0.05, 0.1) is 0 Å². The zero-order valence-electron chi connectivity index (χ0n) is 9.62. The van der Waals surface area contributed by atoms with Crippen molar-refractivity contribution in [3.05, 3.63) is 54.4 Å². The highest BCUT2D eigenvalue weighted by Crippen LogP contribution is 2.04. The number of nitrogens with one attached hydrogen (secondary N) is 1. The van der Waals surface area contributed by atoms with Crippen molar-refractivity contribution in [3.8, 4) is 0 Å². The van der Waals surface area contributed by atoms with Crippen molar-refractivity contribution in [2.75, 3.05) is 6.54 Å². The van der Waals surface area contributed by atoms with Gasteiger partial charge in [-0.15, -0.1) is 6.58 Å². The maximum atomic E-state index is 12.6. The van der Waals surface area contributed by atoms with E-state index in [-0.39, 0.29) is 5.82 Å². The third-order valence-electron chi connectivity index (χ3n) is 2.28. The van der Waals surface area contributed by atoms with Crippen LogP contribution in [0.2, 0.25) is 0 Å². The molecule has 0 saturated heterocycles. The van der Waals surface area contributed by atoms with Gasteiger partial charge in [0.15, 0.2) is 0 Å². The van der Waals surface area contributed by atoms with Crippen LogP contribution in [0.3, 0.4) is 0 Å². The van der Waals surface area contributed by atoms with Gasteiger partial charge < -0.3 is 5.32 Å². The van der Waals surface area contributed by atoms with Gasteiger partial charge in [-0.25, -0.2) is 4.39 Å². The largest absolute Gasteiger partial charge is 0.310 e. The molecular formula is C14H18FN. The average molecular weight is 219 g/mol. The van der Waals surface area contributed by atoms with Crippen LogP contribution in [-0.2, 0) is 0 Å². The Bertz CT molecular complexity index is 340. The lowest BCUT2D eigenvalue weighted by atomic mass is 10.2. The summed E-state index contributed by atoms with van der Waals surface area (Å²) in [6.45, 7) is 6.62. The van der Waals surface area contributed by atoms with E-state index in [1.165, 1.54) is 12.1 Å². The Hall–Kier alpha value is -1.41. The van der Waals surface area contributed by atoms with Gasteiger partial charge in [-0.2, -0.15) is 0 Å². The minimum atomic E-state index is -0.199. The predicted molar refractivity (Wildman–Crippen MR) is 67.7 cm³/mol. The molecule has 0 spiro atoms. The van der Waals surface area contributed by atoms with E-state index in [0.717, 1.165) is 18.5 Å². The van der Waals surface area contributed by atoms with Gasteiger partial charge in [0.25, 0.3) is 0 Å². The number of rotatable bonds is 6. The highest BCUT2D eigenvalue weighted by molar-refractivity contribution is 5.48. The quantitative estimate of drug-likeness (QED) is 0.723. The third-order valence-corrected chi connectivity index (χ3v) is 2.28. The van der Waals surface area contributed by atoms with E-state index in [2.05, 4.69) is 18.8 Å². The number of halogens is 1. The van der Waals surface area contributed by atoms with Crippen LogP contribution >= 0.6 is 0 Å². The average Bonchev–Trinajstić information content (AvgIpc) is 2.27. The molecule has 0 aliphatic rings. The monoisotopic (exact) mass is 219 g/mol. The fourth-order valence-electron chi connectivity index (χ4n) is 1.37. The first-order valence-corrected chi connectivity index (χ1v) is 5.48. The van der Waals surface area contributed by atoms with Crippen LogP contribution in [0, 0.1) is 5.82 Å².